The summed E-state index contributed by atoms with van der Waals surface area (Å²) in [5.74, 6) is 0.122. The molecule has 2 rings (SSSR count). The summed E-state index contributed by atoms with van der Waals surface area (Å²) in [6, 6.07) is 8.01. The SMILES string of the molecule is Cc1nn(C)cc1C(=O)Cc1ccc(I)cc1. The van der Waals surface area contributed by atoms with Crippen molar-refractivity contribution in [3.8, 4) is 0 Å². The van der Waals surface area contributed by atoms with Crippen LogP contribution in [-0.4, -0.2) is 15.6 Å². The Morgan fingerprint density at radius 3 is 2.53 bits per heavy atom. The van der Waals surface area contributed by atoms with Crippen molar-refractivity contribution in [3.05, 3.63) is 50.9 Å². The highest BCUT2D eigenvalue weighted by molar-refractivity contribution is 14.1. The Kier molecular flexibility index (Phi) is 3.61. The number of carbonyl (C=O) groups is 1. The number of benzene rings is 1. The molecular weight excluding hydrogens is 327 g/mol. The normalized spacial score (nSPS) is 10.5. The maximum absolute atomic E-state index is 12.1. The smallest absolute Gasteiger partial charge is 0.170 e. The minimum absolute atomic E-state index is 0.122. The second kappa shape index (κ2) is 5.00. The van der Waals surface area contributed by atoms with E-state index >= 15 is 0 Å². The van der Waals surface area contributed by atoms with Gasteiger partial charge in [-0.2, -0.15) is 5.10 Å². The van der Waals surface area contributed by atoms with Gasteiger partial charge in [-0.3, -0.25) is 9.48 Å². The number of rotatable bonds is 3. The van der Waals surface area contributed by atoms with Crippen LogP contribution in [0.2, 0.25) is 0 Å². The van der Waals surface area contributed by atoms with Gasteiger partial charge >= 0.3 is 0 Å². The summed E-state index contributed by atoms with van der Waals surface area (Å²) in [5, 5.41) is 4.18. The number of Topliss-reactive ketones (excluding diaryl/α,β-unsaturated/α-hetero) is 1. The van der Waals surface area contributed by atoms with E-state index in [-0.39, 0.29) is 5.78 Å². The zero-order valence-electron chi connectivity index (χ0n) is 9.77. The molecule has 0 saturated heterocycles. The van der Waals surface area contributed by atoms with Gasteiger partial charge in [-0.25, -0.2) is 0 Å². The van der Waals surface area contributed by atoms with Crippen molar-refractivity contribution in [2.75, 3.05) is 0 Å². The van der Waals surface area contributed by atoms with E-state index in [9.17, 15) is 4.79 Å². The topological polar surface area (TPSA) is 34.9 Å². The molecule has 3 nitrogen and oxygen atoms in total. The van der Waals surface area contributed by atoms with E-state index in [2.05, 4.69) is 27.7 Å². The van der Waals surface area contributed by atoms with Gasteiger partial charge in [0.05, 0.1) is 11.3 Å². The fourth-order valence-electron chi connectivity index (χ4n) is 1.76. The van der Waals surface area contributed by atoms with Crippen LogP contribution in [0.15, 0.2) is 30.5 Å². The Balaban J connectivity index is 2.17. The van der Waals surface area contributed by atoms with Gasteiger partial charge in [-0.05, 0) is 47.2 Å². The zero-order chi connectivity index (χ0) is 12.4. The standard InChI is InChI=1S/C13H13IN2O/c1-9-12(8-16(2)15-9)13(17)7-10-3-5-11(14)6-4-10/h3-6,8H,7H2,1-2H3. The summed E-state index contributed by atoms with van der Waals surface area (Å²) >= 11 is 2.25. The van der Waals surface area contributed by atoms with Gasteiger partial charge in [0.15, 0.2) is 5.78 Å². The average molecular weight is 340 g/mol. The second-order valence-electron chi connectivity index (χ2n) is 4.03. The Morgan fingerprint density at radius 2 is 2.00 bits per heavy atom. The lowest BCUT2D eigenvalue weighted by atomic mass is 10.0. The lowest BCUT2D eigenvalue weighted by Crippen LogP contribution is -2.04. The highest BCUT2D eigenvalue weighted by Crippen LogP contribution is 2.12. The fraction of sp³-hybridized carbons (Fsp3) is 0.231. The third-order valence-corrected chi connectivity index (χ3v) is 3.31. The first-order valence-electron chi connectivity index (χ1n) is 5.34. The third-order valence-electron chi connectivity index (χ3n) is 2.59. The second-order valence-corrected chi connectivity index (χ2v) is 5.27. The van der Waals surface area contributed by atoms with E-state index in [4.69, 9.17) is 0 Å². The van der Waals surface area contributed by atoms with Crippen LogP contribution in [0.1, 0.15) is 21.6 Å². The quantitative estimate of drug-likeness (QED) is 0.636. The predicted octanol–water partition coefficient (Wildman–Crippen LogP) is 2.76. The van der Waals surface area contributed by atoms with Crippen LogP contribution in [0.3, 0.4) is 0 Å². The monoisotopic (exact) mass is 340 g/mol. The lowest BCUT2D eigenvalue weighted by molar-refractivity contribution is 0.0992. The molecule has 0 fully saturated rings. The first-order valence-corrected chi connectivity index (χ1v) is 6.42. The average Bonchev–Trinajstić information content (AvgIpc) is 2.61. The molecular formula is C13H13IN2O. The van der Waals surface area contributed by atoms with Gasteiger partial charge < -0.3 is 0 Å². The maximum atomic E-state index is 12.1. The molecule has 0 saturated carbocycles. The zero-order valence-corrected chi connectivity index (χ0v) is 11.9. The molecule has 0 amide bonds. The molecule has 17 heavy (non-hydrogen) atoms. The summed E-state index contributed by atoms with van der Waals surface area (Å²) in [6.45, 7) is 1.86. The highest BCUT2D eigenvalue weighted by Gasteiger charge is 2.12. The van der Waals surface area contributed by atoms with E-state index in [0.29, 0.717) is 12.0 Å². The summed E-state index contributed by atoms with van der Waals surface area (Å²) in [4.78, 5) is 12.1. The van der Waals surface area contributed by atoms with E-state index in [0.717, 1.165) is 11.3 Å². The predicted molar refractivity (Wildman–Crippen MR) is 75.1 cm³/mol. The van der Waals surface area contributed by atoms with Crippen molar-refractivity contribution in [2.45, 2.75) is 13.3 Å². The van der Waals surface area contributed by atoms with Crippen LogP contribution in [-0.2, 0) is 13.5 Å². The summed E-state index contributed by atoms with van der Waals surface area (Å²) in [5.41, 5.74) is 2.55. The molecule has 0 N–H and O–H groups in total. The summed E-state index contributed by atoms with van der Waals surface area (Å²) in [6.07, 6.45) is 2.22. The van der Waals surface area contributed by atoms with Gasteiger partial charge in [0.1, 0.15) is 0 Å². The van der Waals surface area contributed by atoms with Crippen LogP contribution in [0, 0.1) is 10.5 Å². The van der Waals surface area contributed by atoms with E-state index < -0.39 is 0 Å². The first kappa shape index (κ1) is 12.3. The molecule has 0 aliphatic rings. The Labute approximate surface area is 114 Å². The van der Waals surface area contributed by atoms with Crippen LogP contribution in [0.4, 0.5) is 0 Å². The lowest BCUT2D eigenvalue weighted by Gasteiger charge is -2.00. The van der Waals surface area contributed by atoms with Crippen molar-refractivity contribution in [1.82, 2.24) is 9.78 Å². The molecule has 1 heterocycles. The molecule has 0 spiro atoms. The molecule has 0 bridgehead atoms. The summed E-state index contributed by atoms with van der Waals surface area (Å²) in [7, 11) is 1.83. The number of halogens is 1. The molecule has 88 valence electrons. The fourth-order valence-corrected chi connectivity index (χ4v) is 2.12. The van der Waals surface area contributed by atoms with Crippen molar-refractivity contribution in [3.63, 3.8) is 0 Å². The van der Waals surface area contributed by atoms with Gasteiger partial charge in [0.25, 0.3) is 0 Å². The Morgan fingerprint density at radius 1 is 1.35 bits per heavy atom. The van der Waals surface area contributed by atoms with Crippen LogP contribution in [0.5, 0.6) is 0 Å². The molecule has 1 aromatic heterocycles. The van der Waals surface area contributed by atoms with E-state index in [1.165, 1.54) is 3.57 Å². The molecule has 4 heteroatoms. The third kappa shape index (κ3) is 2.94. The van der Waals surface area contributed by atoms with E-state index in [1.807, 2.05) is 38.2 Å². The van der Waals surface area contributed by atoms with Crippen molar-refractivity contribution >= 4 is 28.4 Å². The number of carbonyl (C=O) groups excluding carboxylic acids is 1. The maximum Gasteiger partial charge on any atom is 0.170 e. The van der Waals surface area contributed by atoms with Crippen molar-refractivity contribution in [1.29, 1.82) is 0 Å². The molecule has 0 aliphatic carbocycles. The number of hydrogen-bond donors (Lipinski definition) is 0. The van der Waals surface area contributed by atoms with Gasteiger partial charge in [-0.15, -0.1) is 0 Å². The van der Waals surface area contributed by atoms with E-state index in [1.54, 1.807) is 10.9 Å². The number of ketones is 1. The number of hydrogen-bond acceptors (Lipinski definition) is 2. The Hall–Kier alpha value is -1.17. The summed E-state index contributed by atoms with van der Waals surface area (Å²) < 4.78 is 2.85. The van der Waals surface area contributed by atoms with Crippen LogP contribution >= 0.6 is 22.6 Å². The minimum atomic E-state index is 0.122. The highest BCUT2D eigenvalue weighted by atomic mass is 127. The van der Waals surface area contributed by atoms with Crippen LogP contribution in [0.25, 0.3) is 0 Å². The van der Waals surface area contributed by atoms with Crippen LogP contribution < -0.4 is 0 Å². The molecule has 0 radical (unpaired) electrons. The molecule has 0 atom stereocenters. The minimum Gasteiger partial charge on any atom is -0.294 e. The largest absolute Gasteiger partial charge is 0.294 e. The number of nitrogens with zero attached hydrogens (tertiary/aromatic N) is 2. The molecule has 2 aromatic rings. The van der Waals surface area contributed by atoms with Gasteiger partial charge in [0.2, 0.25) is 0 Å². The van der Waals surface area contributed by atoms with Crippen molar-refractivity contribution in [2.24, 2.45) is 7.05 Å². The van der Waals surface area contributed by atoms with Gasteiger partial charge in [0, 0.05) is 23.2 Å². The number of aryl methyl sites for hydroxylation is 2. The van der Waals surface area contributed by atoms with Crippen molar-refractivity contribution < 1.29 is 4.79 Å². The molecule has 0 aliphatic heterocycles. The molecule has 1 aromatic carbocycles. The molecule has 0 unspecified atom stereocenters. The Bertz CT molecular complexity index is 543. The first-order chi connectivity index (χ1) is 8.06. The number of aromatic nitrogens is 2. The van der Waals surface area contributed by atoms with Gasteiger partial charge in [-0.1, -0.05) is 12.1 Å².